The number of nitrogens with one attached hydrogen (secondary N) is 3. The first kappa shape index (κ1) is 17.9. The van der Waals surface area contributed by atoms with Gasteiger partial charge >= 0.3 is 5.69 Å². The van der Waals surface area contributed by atoms with Gasteiger partial charge in [0.15, 0.2) is 5.78 Å². The van der Waals surface area contributed by atoms with Crippen LogP contribution in [0.25, 0.3) is 0 Å². The molecule has 5 rings (SSSR count). The summed E-state index contributed by atoms with van der Waals surface area (Å²) >= 11 is 0. The molecule has 8 heteroatoms. The quantitative estimate of drug-likeness (QED) is 0.712. The second-order valence-electron chi connectivity index (χ2n) is 7.61. The molecular weight excluding hydrogens is 372 g/mol. The Morgan fingerprint density at radius 1 is 0.966 bits per heavy atom. The van der Waals surface area contributed by atoms with Crippen LogP contribution in [-0.2, 0) is 9.53 Å². The van der Waals surface area contributed by atoms with Crippen molar-refractivity contribution in [2.75, 3.05) is 36.5 Å². The number of ether oxygens (including phenoxy) is 1. The van der Waals surface area contributed by atoms with Crippen molar-refractivity contribution in [3.05, 3.63) is 67.5 Å². The molecule has 0 spiro atoms. The Balaban J connectivity index is 1.62. The number of Topliss-reactive ketones (excluding diaryl/α,β-unsaturated/α-hetero) is 1. The number of aromatic nitrogens is 2. The molecule has 0 radical (unpaired) electrons. The lowest BCUT2D eigenvalue weighted by atomic mass is 9.76. The topological polar surface area (TPSA) is 107 Å². The number of hydrogen-bond acceptors (Lipinski definition) is 6. The van der Waals surface area contributed by atoms with E-state index in [1.165, 1.54) is 0 Å². The molecule has 0 saturated carbocycles. The van der Waals surface area contributed by atoms with Crippen LogP contribution < -0.4 is 21.5 Å². The Bertz CT molecular complexity index is 1110. The first-order valence-electron chi connectivity index (χ1n) is 9.94. The Morgan fingerprint density at radius 3 is 2.48 bits per heavy atom. The molecule has 1 atom stereocenters. The number of carbonyl (C=O) groups is 1. The highest BCUT2D eigenvalue weighted by Gasteiger charge is 2.37. The first-order chi connectivity index (χ1) is 14.1. The maximum Gasteiger partial charge on any atom is 0.327 e. The van der Waals surface area contributed by atoms with Crippen molar-refractivity contribution in [2.45, 2.75) is 25.2 Å². The fourth-order valence-corrected chi connectivity index (χ4v) is 4.53. The first-order valence-corrected chi connectivity index (χ1v) is 9.94. The lowest BCUT2D eigenvalue weighted by Crippen LogP contribution is -2.36. The van der Waals surface area contributed by atoms with E-state index in [4.69, 9.17) is 4.74 Å². The summed E-state index contributed by atoms with van der Waals surface area (Å²) < 4.78 is 5.41. The molecule has 2 aromatic rings. The van der Waals surface area contributed by atoms with Crippen molar-refractivity contribution in [1.29, 1.82) is 0 Å². The highest BCUT2D eigenvalue weighted by Crippen LogP contribution is 2.43. The number of nitrogens with zero attached hydrogens (tertiary/aromatic N) is 1. The van der Waals surface area contributed by atoms with Gasteiger partial charge in [0.05, 0.1) is 18.8 Å². The molecule has 2 aliphatic heterocycles. The molecule has 29 heavy (non-hydrogen) atoms. The summed E-state index contributed by atoms with van der Waals surface area (Å²) in [6.45, 7) is 3.09. The maximum atomic E-state index is 12.8. The Kier molecular flexibility index (Phi) is 4.35. The minimum absolute atomic E-state index is 0.0530. The number of morpholine rings is 1. The Hall–Kier alpha value is -3.13. The van der Waals surface area contributed by atoms with Crippen LogP contribution in [0.15, 0.2) is 45.1 Å². The van der Waals surface area contributed by atoms with Gasteiger partial charge in [0.1, 0.15) is 5.82 Å². The fraction of sp³-hybridized carbons (Fsp3) is 0.381. The predicted molar refractivity (Wildman–Crippen MR) is 109 cm³/mol. The molecule has 0 bridgehead atoms. The monoisotopic (exact) mass is 394 g/mol. The zero-order valence-corrected chi connectivity index (χ0v) is 15.9. The van der Waals surface area contributed by atoms with Gasteiger partial charge in [-0.3, -0.25) is 19.6 Å². The number of hydrogen-bond donors (Lipinski definition) is 3. The van der Waals surface area contributed by atoms with Crippen molar-refractivity contribution >= 4 is 17.3 Å². The predicted octanol–water partition coefficient (Wildman–Crippen LogP) is 1.46. The Morgan fingerprint density at radius 2 is 1.72 bits per heavy atom. The van der Waals surface area contributed by atoms with Gasteiger partial charge in [-0.2, -0.15) is 0 Å². The zero-order chi connectivity index (χ0) is 20.0. The summed E-state index contributed by atoms with van der Waals surface area (Å²) in [4.78, 5) is 44.6. The molecule has 1 fully saturated rings. The van der Waals surface area contributed by atoms with Crippen molar-refractivity contribution in [2.24, 2.45) is 0 Å². The number of H-pyrrole nitrogens is 2. The van der Waals surface area contributed by atoms with E-state index in [1.54, 1.807) is 0 Å². The fourth-order valence-electron chi connectivity index (χ4n) is 4.53. The van der Waals surface area contributed by atoms with E-state index >= 15 is 0 Å². The van der Waals surface area contributed by atoms with Crippen molar-refractivity contribution in [3.63, 3.8) is 0 Å². The molecule has 8 nitrogen and oxygen atoms in total. The lowest BCUT2D eigenvalue weighted by molar-refractivity contribution is -0.116. The molecule has 3 heterocycles. The van der Waals surface area contributed by atoms with Gasteiger partial charge < -0.3 is 15.0 Å². The van der Waals surface area contributed by atoms with Gasteiger partial charge in [-0.15, -0.1) is 0 Å². The average molecular weight is 394 g/mol. The van der Waals surface area contributed by atoms with Gasteiger partial charge in [-0.25, -0.2) is 4.79 Å². The summed E-state index contributed by atoms with van der Waals surface area (Å²) in [7, 11) is 0. The third-order valence-electron chi connectivity index (χ3n) is 5.89. The van der Waals surface area contributed by atoms with E-state index in [0.29, 0.717) is 36.6 Å². The van der Waals surface area contributed by atoms with Crippen molar-refractivity contribution in [3.8, 4) is 0 Å². The normalized spacial score (nSPS) is 21.4. The van der Waals surface area contributed by atoms with E-state index in [0.717, 1.165) is 42.9 Å². The number of carbonyl (C=O) groups excluding carboxylic acids is 1. The van der Waals surface area contributed by atoms with Crippen LogP contribution in [0.5, 0.6) is 0 Å². The second-order valence-corrected chi connectivity index (χ2v) is 7.61. The molecule has 0 unspecified atom stereocenters. The highest BCUT2D eigenvalue weighted by molar-refractivity contribution is 6.00. The number of anilines is 2. The number of aromatic amines is 2. The third-order valence-corrected chi connectivity index (χ3v) is 5.89. The minimum atomic E-state index is -0.561. The van der Waals surface area contributed by atoms with E-state index in [1.807, 2.05) is 24.3 Å². The lowest BCUT2D eigenvalue weighted by Gasteiger charge is -2.33. The largest absolute Gasteiger partial charge is 0.378 e. The standard InChI is InChI=1S/C21H22N4O4/c26-15-3-1-2-14-17(15)16(18-19(22-14)23-21(28)24-20(18)27)12-4-6-13(7-5-12)25-8-10-29-11-9-25/h4-7,16H,1-3,8-11H2,(H3,22,23,24,27,28)/t16-/m0/s1. The van der Waals surface area contributed by atoms with Crippen LogP contribution >= 0.6 is 0 Å². The van der Waals surface area contributed by atoms with Gasteiger partial charge in [0, 0.05) is 42.4 Å². The van der Waals surface area contributed by atoms with E-state index in [2.05, 4.69) is 20.2 Å². The minimum Gasteiger partial charge on any atom is -0.378 e. The van der Waals surface area contributed by atoms with Gasteiger partial charge in [0.25, 0.3) is 5.56 Å². The Labute approximate surface area is 166 Å². The molecule has 3 N–H and O–H groups in total. The maximum absolute atomic E-state index is 12.8. The van der Waals surface area contributed by atoms with Gasteiger partial charge in [-0.1, -0.05) is 12.1 Å². The van der Waals surface area contributed by atoms with Gasteiger partial charge in [-0.05, 0) is 30.5 Å². The number of fused-ring (bicyclic) bond motifs is 1. The highest BCUT2D eigenvalue weighted by atomic mass is 16.5. The summed E-state index contributed by atoms with van der Waals surface area (Å²) in [6.07, 6.45) is 1.95. The average Bonchev–Trinajstić information content (AvgIpc) is 2.73. The van der Waals surface area contributed by atoms with E-state index in [-0.39, 0.29) is 5.78 Å². The molecule has 1 aromatic carbocycles. The number of allylic oxidation sites excluding steroid dienone is 2. The summed E-state index contributed by atoms with van der Waals surface area (Å²) in [5.41, 5.74) is 2.75. The zero-order valence-electron chi connectivity index (χ0n) is 15.9. The molecule has 1 aliphatic carbocycles. The second kappa shape index (κ2) is 7.04. The van der Waals surface area contributed by atoms with Crippen LogP contribution in [-0.4, -0.2) is 42.1 Å². The van der Waals surface area contributed by atoms with Crippen molar-refractivity contribution in [1.82, 2.24) is 9.97 Å². The smallest absolute Gasteiger partial charge is 0.327 e. The van der Waals surface area contributed by atoms with E-state index < -0.39 is 17.2 Å². The van der Waals surface area contributed by atoms with Crippen LogP contribution in [0.1, 0.15) is 36.3 Å². The molecule has 3 aliphatic rings. The van der Waals surface area contributed by atoms with Crippen LogP contribution in [0, 0.1) is 0 Å². The van der Waals surface area contributed by atoms with Crippen molar-refractivity contribution < 1.29 is 9.53 Å². The summed E-state index contributed by atoms with van der Waals surface area (Å²) in [5, 5.41) is 3.13. The summed E-state index contributed by atoms with van der Waals surface area (Å²) in [6, 6.07) is 7.99. The number of ketones is 1. The molecule has 1 aromatic heterocycles. The molecule has 150 valence electrons. The SMILES string of the molecule is O=C1CCCC2=C1[C@H](c1ccc(N3CCOCC3)cc1)c1c([nH]c(=O)[nH]c1=O)N2. The molecule has 0 amide bonds. The van der Waals surface area contributed by atoms with E-state index in [9.17, 15) is 14.4 Å². The molecular formula is C21H22N4O4. The number of rotatable bonds is 2. The number of benzene rings is 1. The third kappa shape index (κ3) is 3.09. The summed E-state index contributed by atoms with van der Waals surface area (Å²) in [5.74, 6) is -0.0555. The molecule has 1 saturated heterocycles. The van der Waals surface area contributed by atoms with Crippen LogP contribution in [0.4, 0.5) is 11.5 Å². The van der Waals surface area contributed by atoms with Crippen LogP contribution in [0.3, 0.4) is 0 Å². The van der Waals surface area contributed by atoms with Gasteiger partial charge in [0.2, 0.25) is 0 Å². The van der Waals surface area contributed by atoms with Crippen LogP contribution in [0.2, 0.25) is 0 Å².